The van der Waals surface area contributed by atoms with E-state index < -0.39 is 0 Å². The lowest BCUT2D eigenvalue weighted by Gasteiger charge is -2.40. The van der Waals surface area contributed by atoms with Crippen molar-refractivity contribution in [1.82, 2.24) is 9.78 Å². The number of fused-ring (bicyclic) bond motifs is 4. The Kier molecular flexibility index (Phi) is 6.66. The van der Waals surface area contributed by atoms with E-state index in [0.29, 0.717) is 38.3 Å². The molecule has 0 amide bonds. The number of hydrogen-bond donors (Lipinski definition) is 1. The van der Waals surface area contributed by atoms with Gasteiger partial charge in [0.15, 0.2) is 17.5 Å². The van der Waals surface area contributed by atoms with Gasteiger partial charge < -0.3 is 15.0 Å². The molecule has 0 bridgehead atoms. The number of hydrogen-bond acceptors (Lipinski definition) is 6. The molecular weight excluding hydrogens is 591 g/mol. The Bertz CT molecular complexity index is 1920. The highest BCUT2D eigenvalue weighted by Crippen LogP contribution is 2.49. The molecule has 0 aliphatic carbocycles. The molecule has 0 radical (unpaired) electrons. The van der Waals surface area contributed by atoms with Crippen molar-refractivity contribution in [2.45, 2.75) is 13.0 Å². The summed E-state index contributed by atoms with van der Waals surface area (Å²) in [4.78, 5) is 12.4. The van der Waals surface area contributed by atoms with E-state index in [1.54, 1.807) is 13.2 Å². The van der Waals surface area contributed by atoms with Crippen LogP contribution >= 0.6 is 34.8 Å². The number of aryl methyl sites for hydroxylation is 1. The van der Waals surface area contributed by atoms with Gasteiger partial charge in [-0.1, -0.05) is 71.2 Å². The summed E-state index contributed by atoms with van der Waals surface area (Å²) in [5.74, 6) is 2.48. The number of aromatic nitrogens is 2. The van der Waals surface area contributed by atoms with Crippen molar-refractivity contribution in [2.75, 3.05) is 17.3 Å². The topological polar surface area (TPSA) is 67.0 Å². The molecule has 1 N–H and O–H groups in total. The minimum Gasteiger partial charge on any atom is -0.495 e. The Morgan fingerprint density at radius 1 is 0.810 bits per heavy atom. The summed E-state index contributed by atoms with van der Waals surface area (Å²) in [6, 6.07) is 28.9. The number of anilines is 2. The van der Waals surface area contributed by atoms with E-state index >= 15 is 0 Å². The zero-order valence-electron chi connectivity index (χ0n) is 22.5. The molecule has 2 aliphatic rings. The summed E-state index contributed by atoms with van der Waals surface area (Å²) in [6.45, 7) is 2.01. The van der Waals surface area contributed by atoms with E-state index in [9.17, 15) is 0 Å². The second kappa shape index (κ2) is 10.5. The van der Waals surface area contributed by atoms with Crippen LogP contribution in [-0.4, -0.2) is 28.6 Å². The molecule has 0 unspecified atom stereocenters. The zero-order valence-corrected chi connectivity index (χ0v) is 24.8. The van der Waals surface area contributed by atoms with Crippen LogP contribution in [0.4, 0.5) is 22.9 Å². The molecule has 0 spiro atoms. The predicted octanol–water partition coefficient (Wildman–Crippen LogP) is 8.94. The lowest BCUT2D eigenvalue weighted by molar-refractivity contribution is 0.415. The summed E-state index contributed by atoms with van der Waals surface area (Å²) in [5, 5.41) is 9.87. The van der Waals surface area contributed by atoms with Crippen molar-refractivity contribution in [3.63, 3.8) is 0 Å². The number of benzene rings is 4. The molecule has 0 saturated carbocycles. The van der Waals surface area contributed by atoms with Gasteiger partial charge in [0.25, 0.3) is 0 Å². The summed E-state index contributed by atoms with van der Waals surface area (Å²) < 4.78 is 7.23. The molecule has 10 heteroatoms. The molecule has 0 saturated heterocycles. The molecule has 7 rings (SSSR count). The lowest BCUT2D eigenvalue weighted by Crippen LogP contribution is -2.46. The minimum absolute atomic E-state index is 0.326. The third-order valence-electron chi connectivity index (χ3n) is 7.31. The molecular formula is C32H23Cl3N6O. The SMILES string of the molecule is COc1ccc(NC2=Nc3ccccc3N3C2=Nc2c(c(C)nn2-c2ccccc2)[C@H]3c2ccc(Cl)c(Cl)c2)cc1Cl. The lowest BCUT2D eigenvalue weighted by atomic mass is 9.93. The van der Waals surface area contributed by atoms with Crippen LogP contribution in [0.5, 0.6) is 5.75 Å². The van der Waals surface area contributed by atoms with E-state index in [2.05, 4.69) is 10.2 Å². The summed E-state index contributed by atoms with van der Waals surface area (Å²) in [7, 11) is 1.59. The van der Waals surface area contributed by atoms with Crippen LogP contribution in [0.25, 0.3) is 5.69 Å². The van der Waals surface area contributed by atoms with Crippen LogP contribution in [-0.2, 0) is 0 Å². The van der Waals surface area contributed by atoms with Gasteiger partial charge in [-0.25, -0.2) is 14.7 Å². The molecule has 1 atom stereocenters. The number of nitrogens with one attached hydrogen (secondary N) is 1. The minimum atomic E-state index is -0.326. The molecule has 42 heavy (non-hydrogen) atoms. The van der Waals surface area contributed by atoms with Crippen LogP contribution in [0, 0.1) is 6.92 Å². The number of rotatable bonds is 4. The summed E-state index contributed by atoms with van der Waals surface area (Å²) >= 11 is 19.4. The predicted molar refractivity (Wildman–Crippen MR) is 171 cm³/mol. The van der Waals surface area contributed by atoms with E-state index in [1.807, 2.05) is 96.5 Å². The Hall–Kier alpha value is -4.30. The average molecular weight is 614 g/mol. The van der Waals surface area contributed by atoms with Crippen LogP contribution < -0.4 is 15.0 Å². The molecule has 5 aromatic rings. The van der Waals surface area contributed by atoms with Crippen LogP contribution in [0.15, 0.2) is 101 Å². The van der Waals surface area contributed by atoms with E-state index in [4.69, 9.17) is 54.6 Å². The highest BCUT2D eigenvalue weighted by molar-refractivity contribution is 6.51. The van der Waals surface area contributed by atoms with Crippen molar-refractivity contribution >= 4 is 69.4 Å². The number of nitrogens with zero attached hydrogens (tertiary/aromatic N) is 5. The van der Waals surface area contributed by atoms with Gasteiger partial charge in [0.2, 0.25) is 0 Å². The van der Waals surface area contributed by atoms with E-state index in [0.717, 1.165) is 39.6 Å². The number of halogens is 3. The van der Waals surface area contributed by atoms with Crippen LogP contribution in [0.2, 0.25) is 15.1 Å². The number of para-hydroxylation sites is 3. The molecule has 0 fully saturated rings. The van der Waals surface area contributed by atoms with Crippen molar-refractivity contribution in [3.05, 3.63) is 123 Å². The second-order valence-electron chi connectivity index (χ2n) is 9.87. The molecule has 4 aromatic carbocycles. The van der Waals surface area contributed by atoms with Gasteiger partial charge in [-0.2, -0.15) is 5.10 Å². The first-order chi connectivity index (χ1) is 20.4. The van der Waals surface area contributed by atoms with Crippen LogP contribution in [0.1, 0.15) is 22.9 Å². The van der Waals surface area contributed by atoms with Crippen molar-refractivity contribution in [2.24, 2.45) is 9.98 Å². The van der Waals surface area contributed by atoms with Crippen molar-refractivity contribution in [1.29, 1.82) is 0 Å². The van der Waals surface area contributed by atoms with Gasteiger partial charge in [0, 0.05) is 11.3 Å². The van der Waals surface area contributed by atoms with Crippen molar-refractivity contribution in [3.8, 4) is 11.4 Å². The highest BCUT2D eigenvalue weighted by Gasteiger charge is 2.41. The maximum absolute atomic E-state index is 6.59. The maximum atomic E-state index is 6.59. The Morgan fingerprint density at radius 3 is 2.36 bits per heavy atom. The number of ether oxygens (including phenoxy) is 1. The largest absolute Gasteiger partial charge is 0.495 e. The second-order valence-corrected chi connectivity index (χ2v) is 11.1. The molecule has 3 heterocycles. The first kappa shape index (κ1) is 26.6. The first-order valence-electron chi connectivity index (χ1n) is 13.2. The maximum Gasteiger partial charge on any atom is 0.179 e. The normalized spacial score (nSPS) is 15.3. The van der Waals surface area contributed by atoms with Gasteiger partial charge in [-0.3, -0.25) is 0 Å². The number of methoxy groups -OCH3 is 1. The highest BCUT2D eigenvalue weighted by atomic mass is 35.5. The van der Waals surface area contributed by atoms with Gasteiger partial charge >= 0.3 is 0 Å². The Labute approximate surface area is 257 Å². The number of aliphatic imine (C=N–C) groups is 2. The van der Waals surface area contributed by atoms with Gasteiger partial charge in [0.05, 0.1) is 51.0 Å². The zero-order chi connectivity index (χ0) is 29.0. The molecule has 7 nitrogen and oxygen atoms in total. The Morgan fingerprint density at radius 2 is 1.60 bits per heavy atom. The van der Waals surface area contributed by atoms with Crippen LogP contribution in [0.3, 0.4) is 0 Å². The van der Waals surface area contributed by atoms with Gasteiger partial charge in [-0.15, -0.1) is 0 Å². The summed E-state index contributed by atoms with van der Waals surface area (Å²) in [5.41, 5.74) is 6.10. The molecule has 2 aliphatic heterocycles. The smallest absolute Gasteiger partial charge is 0.179 e. The quantitative estimate of drug-likeness (QED) is 0.220. The standard InChI is InChI=1S/C32H23Cl3N6O/c1-18-28-29(19-12-14-22(33)23(34)16-19)40-26-11-7-6-10-25(26)37-30(36-20-13-15-27(42-2)24(35)17-20)32(40)38-31(28)41(39-18)21-8-4-3-5-9-21/h3-17,29H,1-2H3,(H,36,37)/t29-/m1/s1. The average Bonchev–Trinajstić information content (AvgIpc) is 3.34. The fraction of sp³-hybridized carbons (Fsp3) is 0.0938. The fourth-order valence-electron chi connectivity index (χ4n) is 5.43. The first-order valence-corrected chi connectivity index (χ1v) is 14.3. The molecule has 208 valence electrons. The third kappa shape index (κ3) is 4.41. The number of amidine groups is 2. The van der Waals surface area contributed by atoms with Gasteiger partial charge in [-0.05, 0) is 67.1 Å². The molecule has 1 aromatic heterocycles. The van der Waals surface area contributed by atoms with E-state index in [-0.39, 0.29) is 6.04 Å². The Balaban J connectivity index is 1.48. The summed E-state index contributed by atoms with van der Waals surface area (Å²) in [6.07, 6.45) is 0. The van der Waals surface area contributed by atoms with E-state index in [1.165, 1.54) is 0 Å². The van der Waals surface area contributed by atoms with Crippen molar-refractivity contribution < 1.29 is 4.74 Å². The fourth-order valence-corrected chi connectivity index (χ4v) is 5.99. The monoisotopic (exact) mass is 612 g/mol. The third-order valence-corrected chi connectivity index (χ3v) is 8.35. The van der Waals surface area contributed by atoms with Gasteiger partial charge in [0.1, 0.15) is 5.75 Å².